The molecule has 1 atom stereocenters. The number of piperazine rings is 1. The first-order valence-electron chi connectivity index (χ1n) is 5.11. The minimum atomic E-state index is 0.692. The minimum absolute atomic E-state index is 0.692. The van der Waals surface area contributed by atoms with E-state index in [2.05, 4.69) is 15.5 Å². The Kier molecular flexibility index (Phi) is 2.98. The van der Waals surface area contributed by atoms with Crippen molar-refractivity contribution in [3.8, 4) is 0 Å². The lowest BCUT2D eigenvalue weighted by molar-refractivity contribution is 0.271. The molecule has 0 aromatic heterocycles. The van der Waals surface area contributed by atoms with E-state index in [1.165, 1.54) is 32.5 Å². The van der Waals surface area contributed by atoms with Crippen molar-refractivity contribution in [2.45, 2.75) is 18.9 Å². The number of likely N-dealkylation sites (tertiary alicyclic amines) is 1. The summed E-state index contributed by atoms with van der Waals surface area (Å²) in [4.78, 5) is 2.57. The first-order chi connectivity index (χ1) is 5.95. The molecule has 0 saturated carbocycles. The highest BCUT2D eigenvalue weighted by Gasteiger charge is 2.18. The topological polar surface area (TPSA) is 27.3 Å². The molecule has 0 spiro atoms. The first-order valence-corrected chi connectivity index (χ1v) is 5.11. The van der Waals surface area contributed by atoms with Gasteiger partial charge in [-0.15, -0.1) is 0 Å². The van der Waals surface area contributed by atoms with Crippen LogP contribution in [0.4, 0.5) is 0 Å². The molecular weight excluding hydrogens is 150 g/mol. The van der Waals surface area contributed by atoms with Gasteiger partial charge in [-0.1, -0.05) is 0 Å². The van der Waals surface area contributed by atoms with Crippen molar-refractivity contribution in [1.82, 2.24) is 15.5 Å². The largest absolute Gasteiger partial charge is 0.314 e. The highest BCUT2D eigenvalue weighted by atomic mass is 15.2. The van der Waals surface area contributed by atoms with E-state index in [1.54, 1.807) is 0 Å². The molecule has 12 heavy (non-hydrogen) atoms. The van der Waals surface area contributed by atoms with Crippen molar-refractivity contribution < 1.29 is 0 Å². The molecule has 0 amide bonds. The summed E-state index contributed by atoms with van der Waals surface area (Å²) in [6.45, 7) is 7.30. The van der Waals surface area contributed by atoms with Gasteiger partial charge in [-0.2, -0.15) is 0 Å². The molecule has 0 aliphatic carbocycles. The van der Waals surface area contributed by atoms with E-state index in [1.807, 2.05) is 0 Å². The van der Waals surface area contributed by atoms with Gasteiger partial charge < -0.3 is 15.5 Å². The predicted molar refractivity (Wildman–Crippen MR) is 50.3 cm³/mol. The van der Waals surface area contributed by atoms with Crippen molar-refractivity contribution in [2.75, 3.05) is 39.3 Å². The Morgan fingerprint density at radius 1 is 1.17 bits per heavy atom. The number of nitrogens with one attached hydrogen (secondary N) is 2. The van der Waals surface area contributed by atoms with E-state index in [-0.39, 0.29) is 0 Å². The lowest BCUT2D eigenvalue weighted by atomic mass is 10.2. The fourth-order valence-corrected chi connectivity index (χ4v) is 2.12. The van der Waals surface area contributed by atoms with Crippen LogP contribution in [0, 0.1) is 0 Å². The normalized spacial score (nSPS) is 32.5. The van der Waals surface area contributed by atoms with Gasteiger partial charge in [0.25, 0.3) is 0 Å². The van der Waals surface area contributed by atoms with Crippen LogP contribution in [0.2, 0.25) is 0 Å². The van der Waals surface area contributed by atoms with Crippen LogP contribution in [0.1, 0.15) is 12.8 Å². The van der Waals surface area contributed by atoms with Crippen LogP contribution in [-0.2, 0) is 0 Å². The second-order valence-corrected chi connectivity index (χ2v) is 3.86. The molecule has 0 radical (unpaired) electrons. The van der Waals surface area contributed by atoms with Gasteiger partial charge in [-0.25, -0.2) is 0 Å². The maximum atomic E-state index is 3.54. The Balaban J connectivity index is 1.69. The Morgan fingerprint density at radius 2 is 2.00 bits per heavy atom. The summed E-state index contributed by atoms with van der Waals surface area (Å²) in [6.07, 6.45) is 2.81. The number of hydrogen-bond donors (Lipinski definition) is 2. The Labute approximate surface area is 74.5 Å². The zero-order valence-electron chi connectivity index (χ0n) is 7.68. The molecule has 2 N–H and O–H groups in total. The fraction of sp³-hybridized carbons (Fsp3) is 1.00. The summed E-state index contributed by atoms with van der Waals surface area (Å²) in [5.74, 6) is 0. The van der Waals surface area contributed by atoms with Crippen LogP contribution in [-0.4, -0.2) is 50.2 Å². The average molecular weight is 169 g/mol. The summed E-state index contributed by atoms with van der Waals surface area (Å²) in [6, 6.07) is 0.692. The molecule has 3 heteroatoms. The van der Waals surface area contributed by atoms with E-state index in [0.29, 0.717) is 6.04 Å². The lowest BCUT2D eigenvalue weighted by Crippen LogP contribution is -2.52. The van der Waals surface area contributed by atoms with E-state index in [4.69, 9.17) is 0 Å². The summed E-state index contributed by atoms with van der Waals surface area (Å²) in [5, 5.41) is 6.96. The molecular formula is C9H19N3. The van der Waals surface area contributed by atoms with Crippen LogP contribution in [0.25, 0.3) is 0 Å². The third-order valence-corrected chi connectivity index (χ3v) is 2.80. The Bertz CT molecular complexity index is 126. The first kappa shape index (κ1) is 8.48. The van der Waals surface area contributed by atoms with Gasteiger partial charge in [0, 0.05) is 32.2 Å². The third-order valence-electron chi connectivity index (χ3n) is 2.80. The van der Waals surface area contributed by atoms with Gasteiger partial charge in [0.2, 0.25) is 0 Å². The van der Waals surface area contributed by atoms with Gasteiger partial charge in [-0.3, -0.25) is 0 Å². The zero-order chi connectivity index (χ0) is 8.23. The summed E-state index contributed by atoms with van der Waals surface area (Å²) < 4.78 is 0. The molecule has 70 valence electrons. The quantitative estimate of drug-likeness (QED) is 0.591. The van der Waals surface area contributed by atoms with Gasteiger partial charge in [0.05, 0.1) is 0 Å². The molecule has 3 nitrogen and oxygen atoms in total. The van der Waals surface area contributed by atoms with E-state index < -0.39 is 0 Å². The van der Waals surface area contributed by atoms with Crippen LogP contribution >= 0.6 is 0 Å². The van der Waals surface area contributed by atoms with Crippen molar-refractivity contribution >= 4 is 0 Å². The highest BCUT2D eigenvalue weighted by Crippen LogP contribution is 2.07. The summed E-state index contributed by atoms with van der Waals surface area (Å²) >= 11 is 0. The van der Waals surface area contributed by atoms with Gasteiger partial charge in [0.1, 0.15) is 0 Å². The molecule has 0 aromatic carbocycles. The Morgan fingerprint density at radius 3 is 2.67 bits per heavy atom. The number of nitrogens with zero attached hydrogens (tertiary/aromatic N) is 1. The molecule has 2 heterocycles. The van der Waals surface area contributed by atoms with E-state index >= 15 is 0 Å². The number of hydrogen-bond acceptors (Lipinski definition) is 3. The predicted octanol–water partition coefficient (Wildman–Crippen LogP) is -0.356. The standard InChI is InChI=1S/C9H19N3/c1-2-6-12(5-1)8-9-7-10-3-4-11-9/h9-11H,1-8H2/t9-/m1/s1. The smallest absolute Gasteiger partial charge is 0.0320 e. The summed E-state index contributed by atoms with van der Waals surface area (Å²) in [5.41, 5.74) is 0. The van der Waals surface area contributed by atoms with Crippen LogP contribution in [0.5, 0.6) is 0 Å². The van der Waals surface area contributed by atoms with Crippen LogP contribution in [0.3, 0.4) is 0 Å². The van der Waals surface area contributed by atoms with Crippen molar-refractivity contribution in [3.63, 3.8) is 0 Å². The average Bonchev–Trinajstić information content (AvgIpc) is 2.59. The second-order valence-electron chi connectivity index (χ2n) is 3.86. The highest BCUT2D eigenvalue weighted by molar-refractivity contribution is 4.80. The molecule has 2 rings (SSSR count). The zero-order valence-corrected chi connectivity index (χ0v) is 7.68. The molecule has 0 aromatic rings. The van der Waals surface area contributed by atoms with E-state index in [9.17, 15) is 0 Å². The second kappa shape index (κ2) is 4.21. The molecule has 2 aliphatic heterocycles. The molecule has 2 fully saturated rings. The third kappa shape index (κ3) is 2.19. The molecule has 0 bridgehead atoms. The maximum absolute atomic E-state index is 3.54. The van der Waals surface area contributed by atoms with Crippen molar-refractivity contribution in [1.29, 1.82) is 0 Å². The molecule has 2 saturated heterocycles. The lowest BCUT2D eigenvalue weighted by Gasteiger charge is -2.28. The summed E-state index contributed by atoms with van der Waals surface area (Å²) in [7, 11) is 0. The minimum Gasteiger partial charge on any atom is -0.314 e. The fourth-order valence-electron chi connectivity index (χ4n) is 2.12. The van der Waals surface area contributed by atoms with E-state index in [0.717, 1.165) is 19.6 Å². The van der Waals surface area contributed by atoms with Crippen LogP contribution in [0.15, 0.2) is 0 Å². The number of rotatable bonds is 2. The monoisotopic (exact) mass is 169 g/mol. The van der Waals surface area contributed by atoms with Gasteiger partial charge >= 0.3 is 0 Å². The molecule has 0 unspecified atom stereocenters. The van der Waals surface area contributed by atoms with Gasteiger partial charge in [0.15, 0.2) is 0 Å². The van der Waals surface area contributed by atoms with Crippen molar-refractivity contribution in [2.24, 2.45) is 0 Å². The van der Waals surface area contributed by atoms with Gasteiger partial charge in [-0.05, 0) is 25.9 Å². The Hall–Kier alpha value is -0.120. The SMILES string of the molecule is C1CCN(C[C@H]2CNCCN2)C1. The molecule has 2 aliphatic rings. The van der Waals surface area contributed by atoms with Crippen molar-refractivity contribution in [3.05, 3.63) is 0 Å². The maximum Gasteiger partial charge on any atom is 0.0320 e. The van der Waals surface area contributed by atoms with Crippen LogP contribution < -0.4 is 10.6 Å².